The van der Waals surface area contributed by atoms with Crippen LogP contribution in [0, 0.1) is 5.92 Å². The summed E-state index contributed by atoms with van der Waals surface area (Å²) < 4.78 is 0. The van der Waals surface area contributed by atoms with Gasteiger partial charge in [-0.3, -0.25) is 0 Å². The van der Waals surface area contributed by atoms with E-state index in [9.17, 15) is 0 Å². The standard InChI is InChI=1S/C8H15NS/c1-6-4-7-5-10-3-2-8(7)9-6/h6-9H,2-5H2,1H3. The predicted molar refractivity (Wildman–Crippen MR) is 46.4 cm³/mol. The van der Waals surface area contributed by atoms with Gasteiger partial charge in [-0.2, -0.15) is 11.8 Å². The molecule has 10 heavy (non-hydrogen) atoms. The number of fused-ring (bicyclic) bond motifs is 1. The molecule has 2 heteroatoms. The van der Waals surface area contributed by atoms with Crippen LogP contribution in [-0.4, -0.2) is 23.6 Å². The van der Waals surface area contributed by atoms with E-state index in [1.165, 1.54) is 24.3 Å². The lowest BCUT2D eigenvalue weighted by Crippen LogP contribution is -2.33. The van der Waals surface area contributed by atoms with Crippen LogP contribution in [0.1, 0.15) is 19.8 Å². The fourth-order valence-electron chi connectivity index (χ4n) is 2.14. The van der Waals surface area contributed by atoms with Crippen molar-refractivity contribution in [2.45, 2.75) is 31.8 Å². The van der Waals surface area contributed by atoms with E-state index in [4.69, 9.17) is 0 Å². The van der Waals surface area contributed by atoms with Crippen LogP contribution in [0.3, 0.4) is 0 Å². The average molecular weight is 157 g/mol. The Kier molecular flexibility index (Phi) is 1.92. The summed E-state index contributed by atoms with van der Waals surface area (Å²) in [6.45, 7) is 2.31. The summed E-state index contributed by atoms with van der Waals surface area (Å²) in [5.74, 6) is 3.77. The molecule has 0 aromatic rings. The third-order valence-electron chi connectivity index (χ3n) is 2.63. The summed E-state index contributed by atoms with van der Waals surface area (Å²) in [5, 5.41) is 3.64. The fraction of sp³-hybridized carbons (Fsp3) is 1.00. The molecule has 3 atom stereocenters. The highest BCUT2D eigenvalue weighted by atomic mass is 32.2. The molecule has 2 saturated heterocycles. The SMILES string of the molecule is CC1CC2CSCCC2N1. The van der Waals surface area contributed by atoms with Crippen LogP contribution in [0.5, 0.6) is 0 Å². The molecule has 0 spiro atoms. The van der Waals surface area contributed by atoms with E-state index in [1.54, 1.807) is 0 Å². The van der Waals surface area contributed by atoms with E-state index >= 15 is 0 Å². The second-order valence-corrected chi connectivity index (χ2v) is 4.68. The smallest absolute Gasteiger partial charge is 0.0114 e. The first-order valence-corrected chi connectivity index (χ1v) is 5.35. The number of nitrogens with one attached hydrogen (secondary N) is 1. The van der Waals surface area contributed by atoms with Crippen molar-refractivity contribution in [1.29, 1.82) is 0 Å². The molecule has 2 fully saturated rings. The molecule has 1 N–H and O–H groups in total. The van der Waals surface area contributed by atoms with Gasteiger partial charge in [0.05, 0.1) is 0 Å². The van der Waals surface area contributed by atoms with E-state index in [1.807, 2.05) is 0 Å². The number of rotatable bonds is 0. The normalized spacial score (nSPS) is 47.1. The Morgan fingerprint density at radius 3 is 3.20 bits per heavy atom. The van der Waals surface area contributed by atoms with E-state index in [0.717, 1.165) is 18.0 Å². The molecule has 3 unspecified atom stereocenters. The first-order chi connectivity index (χ1) is 4.86. The van der Waals surface area contributed by atoms with Crippen LogP contribution >= 0.6 is 11.8 Å². The van der Waals surface area contributed by atoms with Gasteiger partial charge in [-0.25, -0.2) is 0 Å². The van der Waals surface area contributed by atoms with E-state index < -0.39 is 0 Å². The minimum atomic E-state index is 0.786. The number of hydrogen-bond donors (Lipinski definition) is 1. The molecule has 0 amide bonds. The maximum absolute atomic E-state index is 3.64. The molecule has 58 valence electrons. The lowest BCUT2D eigenvalue weighted by molar-refractivity contribution is 0.465. The highest BCUT2D eigenvalue weighted by molar-refractivity contribution is 7.99. The fourth-order valence-corrected chi connectivity index (χ4v) is 3.39. The lowest BCUT2D eigenvalue weighted by atomic mass is 9.99. The molecule has 0 aromatic heterocycles. The number of hydrogen-bond acceptors (Lipinski definition) is 2. The van der Waals surface area contributed by atoms with E-state index in [-0.39, 0.29) is 0 Å². The van der Waals surface area contributed by atoms with Crippen molar-refractivity contribution in [1.82, 2.24) is 5.32 Å². The molecule has 2 aliphatic heterocycles. The zero-order valence-corrected chi connectivity index (χ0v) is 7.29. The summed E-state index contributed by atoms with van der Waals surface area (Å²) >= 11 is 2.13. The molecule has 2 aliphatic rings. The van der Waals surface area contributed by atoms with Crippen molar-refractivity contribution >= 4 is 11.8 Å². The summed E-state index contributed by atoms with van der Waals surface area (Å²) in [6.07, 6.45) is 2.82. The van der Waals surface area contributed by atoms with Gasteiger partial charge in [0.1, 0.15) is 0 Å². The Hall–Kier alpha value is 0.310. The molecule has 2 heterocycles. The van der Waals surface area contributed by atoms with E-state index in [0.29, 0.717) is 0 Å². The second kappa shape index (κ2) is 2.74. The van der Waals surface area contributed by atoms with Crippen molar-refractivity contribution < 1.29 is 0 Å². The van der Waals surface area contributed by atoms with Crippen molar-refractivity contribution in [2.75, 3.05) is 11.5 Å². The first-order valence-electron chi connectivity index (χ1n) is 4.20. The van der Waals surface area contributed by atoms with Crippen LogP contribution in [0.4, 0.5) is 0 Å². The van der Waals surface area contributed by atoms with Crippen LogP contribution in [0.25, 0.3) is 0 Å². The highest BCUT2D eigenvalue weighted by Gasteiger charge is 2.32. The third-order valence-corrected chi connectivity index (χ3v) is 3.82. The maximum Gasteiger partial charge on any atom is 0.0114 e. The Morgan fingerprint density at radius 2 is 2.40 bits per heavy atom. The minimum Gasteiger partial charge on any atom is -0.311 e. The average Bonchev–Trinajstić information content (AvgIpc) is 2.27. The van der Waals surface area contributed by atoms with Gasteiger partial charge in [-0.15, -0.1) is 0 Å². The van der Waals surface area contributed by atoms with Gasteiger partial charge < -0.3 is 5.32 Å². The summed E-state index contributed by atoms with van der Waals surface area (Å²) in [7, 11) is 0. The van der Waals surface area contributed by atoms with Crippen LogP contribution in [0.15, 0.2) is 0 Å². The first kappa shape index (κ1) is 6.99. The van der Waals surface area contributed by atoms with Crippen LogP contribution in [0.2, 0.25) is 0 Å². The Bertz CT molecular complexity index is 112. The van der Waals surface area contributed by atoms with Crippen molar-refractivity contribution in [2.24, 2.45) is 5.92 Å². The van der Waals surface area contributed by atoms with Gasteiger partial charge in [0.2, 0.25) is 0 Å². The summed E-state index contributed by atoms with van der Waals surface area (Å²) in [5.41, 5.74) is 0. The van der Waals surface area contributed by atoms with Crippen LogP contribution in [-0.2, 0) is 0 Å². The molecular weight excluding hydrogens is 142 g/mol. The summed E-state index contributed by atoms with van der Waals surface area (Å²) in [4.78, 5) is 0. The van der Waals surface area contributed by atoms with Gasteiger partial charge in [-0.05, 0) is 37.2 Å². The molecule has 1 nitrogen and oxygen atoms in total. The maximum atomic E-state index is 3.64. The molecule has 0 aliphatic carbocycles. The van der Waals surface area contributed by atoms with Crippen molar-refractivity contribution in [3.8, 4) is 0 Å². The molecule has 0 saturated carbocycles. The molecule has 0 bridgehead atoms. The predicted octanol–water partition coefficient (Wildman–Crippen LogP) is 1.49. The quantitative estimate of drug-likeness (QED) is 0.572. The molecule has 0 radical (unpaired) electrons. The Morgan fingerprint density at radius 1 is 1.50 bits per heavy atom. The van der Waals surface area contributed by atoms with Gasteiger partial charge in [-0.1, -0.05) is 0 Å². The van der Waals surface area contributed by atoms with Gasteiger partial charge >= 0.3 is 0 Å². The van der Waals surface area contributed by atoms with Gasteiger partial charge in [0.15, 0.2) is 0 Å². The molecular formula is C8H15NS. The minimum absolute atomic E-state index is 0.786. The monoisotopic (exact) mass is 157 g/mol. The van der Waals surface area contributed by atoms with Gasteiger partial charge in [0.25, 0.3) is 0 Å². The lowest BCUT2D eigenvalue weighted by Gasteiger charge is -2.23. The highest BCUT2D eigenvalue weighted by Crippen LogP contribution is 2.31. The van der Waals surface area contributed by atoms with Crippen molar-refractivity contribution in [3.05, 3.63) is 0 Å². The largest absolute Gasteiger partial charge is 0.311 e. The van der Waals surface area contributed by atoms with Gasteiger partial charge in [0, 0.05) is 12.1 Å². The third kappa shape index (κ3) is 1.19. The topological polar surface area (TPSA) is 12.0 Å². The van der Waals surface area contributed by atoms with Crippen molar-refractivity contribution in [3.63, 3.8) is 0 Å². The summed E-state index contributed by atoms with van der Waals surface area (Å²) in [6, 6.07) is 1.66. The zero-order chi connectivity index (χ0) is 6.97. The Labute approximate surface area is 67.0 Å². The zero-order valence-electron chi connectivity index (χ0n) is 6.47. The second-order valence-electron chi connectivity index (χ2n) is 3.53. The molecule has 2 rings (SSSR count). The molecule has 0 aromatic carbocycles. The Balaban J connectivity index is 1.97. The van der Waals surface area contributed by atoms with Crippen LogP contribution < -0.4 is 5.32 Å². The number of thioether (sulfide) groups is 1. The van der Waals surface area contributed by atoms with E-state index in [2.05, 4.69) is 24.0 Å².